The Morgan fingerprint density at radius 2 is 1.70 bits per heavy atom. The molecule has 0 radical (unpaired) electrons. The van der Waals surface area contributed by atoms with Gasteiger partial charge in [-0.2, -0.15) is 0 Å². The van der Waals surface area contributed by atoms with E-state index < -0.39 is 5.82 Å². The molecule has 0 aromatic heterocycles. The van der Waals surface area contributed by atoms with E-state index in [0.29, 0.717) is 26.4 Å². The number of nitrogens with one attached hydrogen (secondary N) is 1. The minimum absolute atomic E-state index is 0.0539. The fraction of sp³-hybridized carbons (Fsp3) is 0. The van der Waals surface area contributed by atoms with Crippen LogP contribution in [0.4, 0.5) is 15.8 Å². The number of hydrogen-bond donors (Lipinski definition) is 2. The molecule has 0 saturated heterocycles. The van der Waals surface area contributed by atoms with E-state index in [0.717, 1.165) is 0 Å². The van der Waals surface area contributed by atoms with Crippen LogP contribution in [0.1, 0.15) is 5.56 Å². The largest absolute Gasteiger partial charge is 0.389 e. The van der Waals surface area contributed by atoms with Crippen molar-refractivity contribution in [3.63, 3.8) is 0 Å². The second-order valence-corrected chi connectivity index (χ2v) is 5.56. The molecule has 0 bridgehead atoms. The van der Waals surface area contributed by atoms with Crippen molar-refractivity contribution in [2.24, 2.45) is 5.73 Å². The van der Waals surface area contributed by atoms with Crippen LogP contribution in [0.2, 0.25) is 15.1 Å². The lowest BCUT2D eigenvalue weighted by atomic mass is 10.1. The Morgan fingerprint density at radius 3 is 2.35 bits per heavy atom. The Morgan fingerprint density at radius 1 is 1.05 bits per heavy atom. The van der Waals surface area contributed by atoms with Crippen LogP contribution in [0, 0.1) is 5.82 Å². The number of anilines is 2. The summed E-state index contributed by atoms with van der Waals surface area (Å²) in [6.07, 6.45) is 0. The van der Waals surface area contributed by atoms with Crippen molar-refractivity contribution in [1.29, 1.82) is 0 Å². The Bertz CT molecular complexity index is 692. The first-order valence-corrected chi connectivity index (χ1v) is 6.94. The Balaban J connectivity index is 2.48. The summed E-state index contributed by atoms with van der Waals surface area (Å²) in [5.74, 6) is -0.515. The Kier molecular flexibility index (Phi) is 4.70. The van der Waals surface area contributed by atoms with Gasteiger partial charge in [0.2, 0.25) is 0 Å². The second kappa shape index (κ2) is 6.14. The minimum Gasteiger partial charge on any atom is -0.389 e. The van der Waals surface area contributed by atoms with E-state index in [-0.39, 0.29) is 10.6 Å². The number of hydrogen-bond acceptors (Lipinski definition) is 2. The molecule has 0 fully saturated rings. The topological polar surface area (TPSA) is 38.0 Å². The molecule has 0 amide bonds. The van der Waals surface area contributed by atoms with Gasteiger partial charge in [0.05, 0.1) is 32.0 Å². The van der Waals surface area contributed by atoms with Crippen molar-refractivity contribution in [3.05, 3.63) is 56.8 Å². The third-order valence-electron chi connectivity index (χ3n) is 2.54. The summed E-state index contributed by atoms with van der Waals surface area (Å²) >= 11 is 22.7. The third-order valence-corrected chi connectivity index (χ3v) is 3.78. The fourth-order valence-corrected chi connectivity index (χ4v) is 2.44. The molecule has 3 N–H and O–H groups in total. The summed E-state index contributed by atoms with van der Waals surface area (Å²) < 4.78 is 13.8. The summed E-state index contributed by atoms with van der Waals surface area (Å²) in [6, 6.07) is 7.48. The normalized spacial score (nSPS) is 10.4. The van der Waals surface area contributed by atoms with E-state index in [1.807, 2.05) is 0 Å². The first kappa shape index (κ1) is 15.3. The summed E-state index contributed by atoms with van der Waals surface area (Å²) in [7, 11) is 0. The fourth-order valence-electron chi connectivity index (χ4n) is 1.64. The highest BCUT2D eigenvalue weighted by Gasteiger charge is 2.13. The van der Waals surface area contributed by atoms with Gasteiger partial charge in [-0.15, -0.1) is 0 Å². The summed E-state index contributed by atoms with van der Waals surface area (Å²) in [5, 5.41) is 3.95. The molecule has 2 aromatic carbocycles. The smallest absolute Gasteiger partial charge is 0.135 e. The van der Waals surface area contributed by atoms with E-state index in [2.05, 4.69) is 5.32 Å². The molecule has 2 nitrogen and oxygen atoms in total. The summed E-state index contributed by atoms with van der Waals surface area (Å²) in [4.78, 5) is -0.0539. The van der Waals surface area contributed by atoms with Crippen LogP contribution in [-0.2, 0) is 0 Å². The van der Waals surface area contributed by atoms with Crippen LogP contribution >= 0.6 is 47.0 Å². The van der Waals surface area contributed by atoms with E-state index in [4.69, 9.17) is 52.8 Å². The molecular formula is C13H8Cl3FN2S. The zero-order chi connectivity index (χ0) is 14.9. The quantitative estimate of drug-likeness (QED) is 0.593. The summed E-state index contributed by atoms with van der Waals surface area (Å²) in [5.41, 5.74) is 6.52. The number of benzene rings is 2. The van der Waals surface area contributed by atoms with Gasteiger partial charge in [-0.05, 0) is 24.3 Å². The van der Waals surface area contributed by atoms with Gasteiger partial charge in [-0.3, -0.25) is 0 Å². The van der Waals surface area contributed by atoms with Gasteiger partial charge in [0.15, 0.2) is 0 Å². The van der Waals surface area contributed by atoms with Crippen molar-refractivity contribution < 1.29 is 4.39 Å². The van der Waals surface area contributed by atoms with Gasteiger partial charge >= 0.3 is 0 Å². The number of halogens is 4. The van der Waals surface area contributed by atoms with Crippen LogP contribution in [0.3, 0.4) is 0 Å². The maximum atomic E-state index is 13.8. The lowest BCUT2D eigenvalue weighted by Crippen LogP contribution is -2.14. The second-order valence-electron chi connectivity index (χ2n) is 3.90. The maximum absolute atomic E-state index is 13.8. The van der Waals surface area contributed by atoms with Crippen LogP contribution < -0.4 is 11.1 Å². The molecule has 0 atom stereocenters. The van der Waals surface area contributed by atoms with Crippen molar-refractivity contribution >= 4 is 63.4 Å². The Labute approximate surface area is 135 Å². The number of thiocarbonyl (C=S) groups is 1. The van der Waals surface area contributed by atoms with Crippen molar-refractivity contribution in [2.45, 2.75) is 0 Å². The molecule has 0 heterocycles. The predicted molar refractivity (Wildman–Crippen MR) is 87.0 cm³/mol. The lowest BCUT2D eigenvalue weighted by Gasteiger charge is -2.13. The highest BCUT2D eigenvalue weighted by molar-refractivity contribution is 7.80. The van der Waals surface area contributed by atoms with E-state index in [9.17, 15) is 4.39 Å². The molecule has 0 aliphatic carbocycles. The molecule has 0 saturated carbocycles. The highest BCUT2D eigenvalue weighted by atomic mass is 35.5. The van der Waals surface area contributed by atoms with Crippen LogP contribution in [0.25, 0.3) is 0 Å². The van der Waals surface area contributed by atoms with E-state index >= 15 is 0 Å². The molecule has 0 aliphatic heterocycles. The zero-order valence-electron chi connectivity index (χ0n) is 9.88. The summed E-state index contributed by atoms with van der Waals surface area (Å²) in [6.45, 7) is 0. The van der Waals surface area contributed by atoms with Gasteiger partial charge in [-0.1, -0.05) is 53.1 Å². The Hall–Kier alpha value is -1.07. The van der Waals surface area contributed by atoms with Gasteiger partial charge in [0.25, 0.3) is 0 Å². The molecule has 104 valence electrons. The average Bonchev–Trinajstić information content (AvgIpc) is 2.35. The van der Waals surface area contributed by atoms with Gasteiger partial charge in [0.1, 0.15) is 10.8 Å². The minimum atomic E-state index is -0.515. The molecule has 2 aromatic rings. The first-order chi connectivity index (χ1) is 9.40. The predicted octanol–water partition coefficient (Wildman–Crippen LogP) is 5.16. The number of nitrogens with two attached hydrogens (primary N) is 1. The van der Waals surface area contributed by atoms with E-state index in [1.54, 1.807) is 12.1 Å². The molecule has 0 unspecified atom stereocenters. The van der Waals surface area contributed by atoms with Gasteiger partial charge < -0.3 is 11.1 Å². The van der Waals surface area contributed by atoms with Crippen molar-refractivity contribution in [1.82, 2.24) is 0 Å². The molecule has 20 heavy (non-hydrogen) atoms. The van der Waals surface area contributed by atoms with Crippen LogP contribution in [0.5, 0.6) is 0 Å². The SMILES string of the molecule is NC(=S)c1c(F)cccc1Nc1cc(Cl)c(Cl)cc1Cl. The maximum Gasteiger partial charge on any atom is 0.135 e. The monoisotopic (exact) mass is 348 g/mol. The zero-order valence-corrected chi connectivity index (χ0v) is 13.0. The number of rotatable bonds is 3. The molecule has 7 heteroatoms. The van der Waals surface area contributed by atoms with Crippen molar-refractivity contribution in [2.75, 3.05) is 5.32 Å². The molecular weight excluding hydrogens is 342 g/mol. The average molecular weight is 350 g/mol. The third kappa shape index (κ3) is 3.15. The highest BCUT2D eigenvalue weighted by Crippen LogP contribution is 2.34. The van der Waals surface area contributed by atoms with E-state index in [1.165, 1.54) is 18.2 Å². The first-order valence-electron chi connectivity index (χ1n) is 5.40. The standard InChI is InChI=1S/C13H8Cl3FN2S/c14-6-4-8(16)11(5-7(6)15)19-10-3-1-2-9(17)12(10)13(18)20/h1-5,19H,(H2,18,20). The van der Waals surface area contributed by atoms with Crippen LogP contribution in [-0.4, -0.2) is 4.99 Å². The molecule has 0 spiro atoms. The van der Waals surface area contributed by atoms with Gasteiger partial charge in [-0.25, -0.2) is 4.39 Å². The molecule has 2 rings (SSSR count). The van der Waals surface area contributed by atoms with Crippen molar-refractivity contribution in [3.8, 4) is 0 Å². The molecule has 0 aliphatic rings. The van der Waals surface area contributed by atoms with Crippen LogP contribution in [0.15, 0.2) is 30.3 Å². The van der Waals surface area contributed by atoms with Gasteiger partial charge in [0, 0.05) is 0 Å². The lowest BCUT2D eigenvalue weighted by molar-refractivity contribution is 0.626.